The molecule has 2 heterocycles. The summed E-state index contributed by atoms with van der Waals surface area (Å²) in [6.45, 7) is 2.41. The number of anilines is 1. The molecule has 0 radical (unpaired) electrons. The normalized spacial score (nSPS) is 25.5. The molecule has 2 aliphatic heterocycles. The quantitative estimate of drug-likeness (QED) is 0.537. The maximum Gasteiger partial charge on any atom is 0.405 e. The van der Waals surface area contributed by atoms with Crippen LogP contribution in [-0.4, -0.2) is 98.4 Å². The van der Waals surface area contributed by atoms with Crippen molar-refractivity contribution < 1.29 is 31.9 Å². The Labute approximate surface area is 231 Å². The zero-order valence-corrected chi connectivity index (χ0v) is 23.1. The number of benzene rings is 1. The number of carbonyl (C=O) groups is 2. The number of rotatable bonds is 5. The third kappa shape index (κ3) is 6.73. The minimum Gasteiger partial charge on any atom is -0.465 e. The molecule has 5 rings (SSSR count). The minimum absolute atomic E-state index is 0.0793. The van der Waals surface area contributed by atoms with E-state index in [0.29, 0.717) is 25.7 Å². The van der Waals surface area contributed by atoms with Crippen molar-refractivity contribution in [1.29, 1.82) is 5.26 Å². The van der Waals surface area contributed by atoms with Gasteiger partial charge in [0.15, 0.2) is 9.84 Å². The smallest absolute Gasteiger partial charge is 0.405 e. The summed E-state index contributed by atoms with van der Waals surface area (Å²) in [5.41, 5.74) is 0.163. The van der Waals surface area contributed by atoms with E-state index in [2.05, 4.69) is 22.2 Å². The van der Waals surface area contributed by atoms with Crippen LogP contribution in [0.25, 0.3) is 0 Å². The van der Waals surface area contributed by atoms with E-state index in [1.165, 1.54) is 0 Å². The van der Waals surface area contributed by atoms with E-state index in [1.54, 1.807) is 18.2 Å². The Kier molecular flexibility index (Phi) is 8.31. The Morgan fingerprint density at radius 3 is 2.28 bits per heavy atom. The fourth-order valence-electron chi connectivity index (χ4n) is 5.13. The van der Waals surface area contributed by atoms with E-state index in [9.17, 15) is 26.8 Å². The van der Waals surface area contributed by atoms with Crippen molar-refractivity contribution in [3.63, 3.8) is 0 Å². The van der Waals surface area contributed by atoms with Crippen molar-refractivity contribution in [1.82, 2.24) is 15.1 Å². The molecule has 2 saturated heterocycles. The van der Waals surface area contributed by atoms with Gasteiger partial charge in [0, 0.05) is 37.8 Å². The molecule has 214 valence electrons. The van der Waals surface area contributed by atoms with Crippen LogP contribution >= 0.6 is 11.6 Å². The van der Waals surface area contributed by atoms with Crippen LogP contribution in [0.15, 0.2) is 23.1 Å². The van der Waals surface area contributed by atoms with Gasteiger partial charge in [-0.2, -0.15) is 5.26 Å². The lowest BCUT2D eigenvalue weighted by molar-refractivity contribution is -0.169. The van der Waals surface area contributed by atoms with Gasteiger partial charge in [-0.1, -0.05) is 11.6 Å². The average molecular weight is 588 g/mol. The Morgan fingerprint density at radius 2 is 1.79 bits per heavy atom. The summed E-state index contributed by atoms with van der Waals surface area (Å²) in [7, 11) is -1.64. The van der Waals surface area contributed by atoms with Crippen LogP contribution < -0.4 is 10.2 Å². The SMILES string of the molecule is CN1CCN(c2ccc(S(=O)(=O)[C@@H]3CC[C@@H](C(=O)N4CC(F)(F)C4)C3)c(Cl)c2)CC1.N#CC1(NC(=O)O)CC1. The molecule has 2 aliphatic carbocycles. The van der Waals surface area contributed by atoms with E-state index in [4.69, 9.17) is 22.0 Å². The van der Waals surface area contributed by atoms with E-state index < -0.39 is 51.6 Å². The zero-order valence-electron chi connectivity index (χ0n) is 21.6. The van der Waals surface area contributed by atoms with Crippen molar-refractivity contribution in [2.24, 2.45) is 5.92 Å². The van der Waals surface area contributed by atoms with Crippen molar-refractivity contribution in [2.45, 2.75) is 53.7 Å². The number of amides is 2. The average Bonchev–Trinajstić information content (AvgIpc) is 3.43. The molecule has 2 N–H and O–H groups in total. The van der Waals surface area contributed by atoms with E-state index in [0.717, 1.165) is 36.8 Å². The zero-order chi connectivity index (χ0) is 28.6. The summed E-state index contributed by atoms with van der Waals surface area (Å²) in [5, 5.41) is 18.1. The molecular weight excluding hydrogens is 556 g/mol. The second kappa shape index (κ2) is 11.1. The molecule has 0 aromatic heterocycles. The highest BCUT2D eigenvalue weighted by Crippen LogP contribution is 2.39. The van der Waals surface area contributed by atoms with Crippen LogP contribution in [0, 0.1) is 17.2 Å². The first-order valence-electron chi connectivity index (χ1n) is 12.8. The maximum atomic E-state index is 13.2. The topological polar surface area (TPSA) is 134 Å². The molecule has 4 aliphatic rings. The Morgan fingerprint density at radius 1 is 1.15 bits per heavy atom. The van der Waals surface area contributed by atoms with Gasteiger partial charge < -0.3 is 25.1 Å². The molecule has 0 bridgehead atoms. The van der Waals surface area contributed by atoms with Crippen LogP contribution in [0.4, 0.5) is 19.3 Å². The lowest BCUT2D eigenvalue weighted by Gasteiger charge is -2.40. The Balaban J connectivity index is 0.000000333. The van der Waals surface area contributed by atoms with Gasteiger partial charge in [-0.3, -0.25) is 4.79 Å². The molecule has 1 aromatic rings. The number of nitrogens with one attached hydrogen (secondary N) is 1. The van der Waals surface area contributed by atoms with Gasteiger partial charge in [0.1, 0.15) is 5.54 Å². The molecule has 2 saturated carbocycles. The molecule has 14 heteroatoms. The van der Waals surface area contributed by atoms with Gasteiger partial charge in [0.2, 0.25) is 5.91 Å². The third-order valence-electron chi connectivity index (χ3n) is 7.73. The standard InChI is InChI=1S/C20H26ClF2N3O3S.C5H6N2O2/c1-24-6-8-25(9-7-24)15-3-5-18(17(21)11-15)30(28,29)16-4-2-14(10-16)19(27)26-12-20(22,23)13-26;6-3-5(1-2-5)7-4(8)9/h3,5,11,14,16H,2,4,6-10,12-13H2,1H3;7H,1-2H2,(H,8,9)/t14-,16-;/m1./s1. The summed E-state index contributed by atoms with van der Waals surface area (Å²) in [4.78, 5) is 28.0. The monoisotopic (exact) mass is 587 g/mol. The number of alkyl halides is 2. The summed E-state index contributed by atoms with van der Waals surface area (Å²) in [6, 6.07) is 6.92. The van der Waals surface area contributed by atoms with Gasteiger partial charge >= 0.3 is 6.09 Å². The van der Waals surface area contributed by atoms with Gasteiger partial charge in [-0.15, -0.1) is 0 Å². The number of hydrogen-bond donors (Lipinski definition) is 2. The first kappa shape index (κ1) is 29.3. The number of sulfone groups is 1. The summed E-state index contributed by atoms with van der Waals surface area (Å²) >= 11 is 6.38. The first-order valence-corrected chi connectivity index (χ1v) is 14.7. The summed E-state index contributed by atoms with van der Waals surface area (Å²) < 4.78 is 52.4. The molecule has 10 nitrogen and oxygen atoms in total. The molecule has 0 spiro atoms. The lowest BCUT2D eigenvalue weighted by Crippen LogP contribution is -2.59. The Bertz CT molecular complexity index is 1250. The highest BCUT2D eigenvalue weighted by molar-refractivity contribution is 7.92. The molecule has 4 fully saturated rings. The van der Waals surface area contributed by atoms with Crippen LogP contribution in [0.5, 0.6) is 0 Å². The number of nitrogens with zero attached hydrogens (tertiary/aromatic N) is 4. The Hall–Kier alpha value is -2.69. The molecular formula is C25H32ClF2N5O5S. The minimum atomic E-state index is -3.71. The number of halogens is 3. The van der Waals surface area contributed by atoms with Crippen molar-refractivity contribution in [2.75, 3.05) is 51.2 Å². The maximum absolute atomic E-state index is 13.2. The molecule has 1 aromatic carbocycles. The fourth-order valence-corrected chi connectivity index (χ4v) is 7.51. The number of likely N-dealkylation sites (tertiary alicyclic amines) is 1. The van der Waals surface area contributed by atoms with Crippen molar-refractivity contribution >= 4 is 39.1 Å². The van der Waals surface area contributed by atoms with Gasteiger partial charge in [-0.05, 0) is 57.4 Å². The number of carbonyl (C=O) groups excluding carboxylic acids is 1. The fraction of sp³-hybridized carbons (Fsp3) is 0.640. The number of nitriles is 1. The van der Waals surface area contributed by atoms with Crippen LogP contribution in [0.2, 0.25) is 5.02 Å². The third-order valence-corrected chi connectivity index (χ3v) is 10.4. The second-order valence-electron chi connectivity index (χ2n) is 10.8. The van der Waals surface area contributed by atoms with E-state index >= 15 is 0 Å². The summed E-state index contributed by atoms with van der Waals surface area (Å²) in [6.07, 6.45) is 1.06. The van der Waals surface area contributed by atoms with E-state index in [1.807, 2.05) is 6.07 Å². The first-order chi connectivity index (χ1) is 18.2. The van der Waals surface area contributed by atoms with Crippen molar-refractivity contribution in [3.8, 4) is 6.07 Å². The van der Waals surface area contributed by atoms with Crippen LogP contribution in [0.3, 0.4) is 0 Å². The highest BCUT2D eigenvalue weighted by Gasteiger charge is 2.49. The lowest BCUT2D eigenvalue weighted by atomic mass is 10.0. The molecule has 0 unspecified atom stereocenters. The van der Waals surface area contributed by atoms with Gasteiger partial charge in [0.05, 0.1) is 34.3 Å². The number of piperazine rings is 1. The molecule has 39 heavy (non-hydrogen) atoms. The molecule has 2 atom stereocenters. The predicted octanol–water partition coefficient (Wildman–Crippen LogP) is 2.82. The number of likely N-dealkylation sites (N-methyl/N-ethyl adjacent to an activating group) is 1. The number of hydrogen-bond acceptors (Lipinski definition) is 7. The molecule has 2 amide bonds. The van der Waals surface area contributed by atoms with Crippen LogP contribution in [0.1, 0.15) is 32.1 Å². The highest BCUT2D eigenvalue weighted by atomic mass is 35.5. The second-order valence-corrected chi connectivity index (χ2v) is 13.4. The van der Waals surface area contributed by atoms with Crippen LogP contribution in [-0.2, 0) is 14.6 Å². The van der Waals surface area contributed by atoms with E-state index in [-0.39, 0.29) is 22.2 Å². The predicted molar refractivity (Wildman–Crippen MR) is 140 cm³/mol. The number of carboxylic acid groups (broad SMARTS) is 1. The largest absolute Gasteiger partial charge is 0.465 e. The van der Waals surface area contributed by atoms with Gasteiger partial charge in [-0.25, -0.2) is 22.0 Å². The van der Waals surface area contributed by atoms with Gasteiger partial charge in [0.25, 0.3) is 5.92 Å². The van der Waals surface area contributed by atoms with Crippen molar-refractivity contribution in [3.05, 3.63) is 23.2 Å². The summed E-state index contributed by atoms with van der Waals surface area (Å²) in [5.74, 6) is -3.71.